The lowest BCUT2D eigenvalue weighted by molar-refractivity contribution is 0.661. The minimum Gasteiger partial charge on any atom is -0.310 e. The molecular weight excluding hydrogens is 579 g/mol. The quantitative estimate of drug-likeness (QED) is 0.175. The van der Waals surface area contributed by atoms with Crippen LogP contribution in [0.3, 0.4) is 0 Å². The number of hydrogen-bond donors (Lipinski definition) is 0. The second kappa shape index (κ2) is 11.1. The normalized spacial score (nSPS) is 13.0. The van der Waals surface area contributed by atoms with Crippen LogP contribution >= 0.6 is 0 Å². The van der Waals surface area contributed by atoms with E-state index in [-0.39, 0.29) is 5.41 Å². The van der Waals surface area contributed by atoms with Gasteiger partial charge >= 0.3 is 0 Å². The number of rotatable bonds is 5. The maximum atomic E-state index is 2.48. The molecule has 0 radical (unpaired) electrons. The average molecular weight is 614 g/mol. The van der Waals surface area contributed by atoms with Gasteiger partial charge in [0.1, 0.15) is 0 Å². The van der Waals surface area contributed by atoms with E-state index in [4.69, 9.17) is 0 Å². The molecule has 0 unspecified atom stereocenters. The van der Waals surface area contributed by atoms with E-state index in [0.29, 0.717) is 0 Å². The fourth-order valence-electron chi connectivity index (χ4n) is 7.79. The van der Waals surface area contributed by atoms with Crippen molar-refractivity contribution in [3.05, 3.63) is 187 Å². The van der Waals surface area contributed by atoms with E-state index in [0.717, 1.165) is 11.4 Å². The van der Waals surface area contributed by atoms with Gasteiger partial charge in [0.2, 0.25) is 0 Å². The van der Waals surface area contributed by atoms with Crippen LogP contribution in [0.4, 0.5) is 17.1 Å². The van der Waals surface area contributed by atoms with Crippen molar-refractivity contribution >= 4 is 38.6 Å². The molecule has 0 amide bonds. The molecule has 8 aromatic carbocycles. The molecule has 1 heteroatoms. The molecule has 9 rings (SSSR count). The topological polar surface area (TPSA) is 3.24 Å². The third-order valence-corrected chi connectivity index (χ3v) is 10.2. The van der Waals surface area contributed by atoms with Crippen LogP contribution in [0, 0.1) is 0 Å². The molecule has 1 aliphatic carbocycles. The Morgan fingerprint density at radius 1 is 0.396 bits per heavy atom. The Kier molecular flexibility index (Phi) is 6.55. The molecule has 0 aromatic heterocycles. The van der Waals surface area contributed by atoms with Gasteiger partial charge in [-0.2, -0.15) is 0 Å². The van der Waals surface area contributed by atoms with Gasteiger partial charge in [-0.05, 0) is 103 Å². The molecule has 228 valence electrons. The second-order valence-corrected chi connectivity index (χ2v) is 13.4. The smallest absolute Gasteiger partial charge is 0.0546 e. The van der Waals surface area contributed by atoms with E-state index in [1.54, 1.807) is 0 Å². The van der Waals surface area contributed by atoms with Gasteiger partial charge in [-0.1, -0.05) is 147 Å². The summed E-state index contributed by atoms with van der Waals surface area (Å²) in [5, 5.41) is 5.05. The van der Waals surface area contributed by atoms with E-state index in [2.05, 4.69) is 195 Å². The summed E-state index contributed by atoms with van der Waals surface area (Å²) < 4.78 is 0. The SMILES string of the molecule is CC1(C)c2ccccc2-c2cc3ccc4cccc(N(c5ccc(-c6ccccc6)cc5)c5cccc(-c6ccccc6)c5)c4c3cc21. The fourth-order valence-corrected chi connectivity index (χ4v) is 7.79. The van der Waals surface area contributed by atoms with Crippen LogP contribution in [0.15, 0.2) is 176 Å². The van der Waals surface area contributed by atoms with Gasteiger partial charge in [-0.3, -0.25) is 0 Å². The van der Waals surface area contributed by atoms with Crippen LogP contribution in [-0.4, -0.2) is 0 Å². The van der Waals surface area contributed by atoms with Crippen molar-refractivity contribution in [1.29, 1.82) is 0 Å². The fraction of sp³-hybridized carbons (Fsp3) is 0.0638. The summed E-state index contributed by atoms with van der Waals surface area (Å²) in [6.07, 6.45) is 0. The van der Waals surface area contributed by atoms with Gasteiger partial charge in [0, 0.05) is 22.2 Å². The molecule has 0 fully saturated rings. The minimum atomic E-state index is -0.0752. The summed E-state index contributed by atoms with van der Waals surface area (Å²) in [4.78, 5) is 2.44. The molecule has 1 nitrogen and oxygen atoms in total. The Balaban J connectivity index is 1.29. The minimum absolute atomic E-state index is 0.0752. The van der Waals surface area contributed by atoms with Gasteiger partial charge in [0.25, 0.3) is 0 Å². The third-order valence-electron chi connectivity index (χ3n) is 10.2. The lowest BCUT2D eigenvalue weighted by atomic mass is 9.81. The maximum Gasteiger partial charge on any atom is 0.0546 e. The lowest BCUT2D eigenvalue weighted by Crippen LogP contribution is -2.15. The highest BCUT2D eigenvalue weighted by Crippen LogP contribution is 2.51. The van der Waals surface area contributed by atoms with Crippen molar-refractivity contribution in [1.82, 2.24) is 0 Å². The molecule has 0 spiro atoms. The van der Waals surface area contributed by atoms with Crippen LogP contribution < -0.4 is 4.90 Å². The Morgan fingerprint density at radius 2 is 1.02 bits per heavy atom. The van der Waals surface area contributed by atoms with Crippen molar-refractivity contribution in [3.63, 3.8) is 0 Å². The number of anilines is 3. The molecule has 1 aliphatic rings. The molecule has 0 heterocycles. The summed E-state index contributed by atoms with van der Waals surface area (Å²) in [5.74, 6) is 0. The lowest BCUT2D eigenvalue weighted by Gasteiger charge is -2.28. The van der Waals surface area contributed by atoms with E-state index >= 15 is 0 Å². The zero-order chi connectivity index (χ0) is 32.2. The second-order valence-electron chi connectivity index (χ2n) is 13.4. The Labute approximate surface area is 282 Å². The van der Waals surface area contributed by atoms with E-state index in [9.17, 15) is 0 Å². The third kappa shape index (κ3) is 4.54. The number of hydrogen-bond acceptors (Lipinski definition) is 1. The highest BCUT2D eigenvalue weighted by Gasteiger charge is 2.35. The number of nitrogens with zero attached hydrogens (tertiary/aromatic N) is 1. The van der Waals surface area contributed by atoms with Crippen molar-refractivity contribution in [2.45, 2.75) is 19.3 Å². The predicted octanol–water partition coefficient (Wildman–Crippen LogP) is 13.1. The monoisotopic (exact) mass is 613 g/mol. The summed E-state index contributed by atoms with van der Waals surface area (Å²) in [6, 6.07) is 64.4. The zero-order valence-electron chi connectivity index (χ0n) is 27.2. The predicted molar refractivity (Wildman–Crippen MR) is 205 cm³/mol. The summed E-state index contributed by atoms with van der Waals surface area (Å²) in [6.45, 7) is 4.73. The van der Waals surface area contributed by atoms with Gasteiger partial charge in [0.15, 0.2) is 0 Å². The highest BCUT2D eigenvalue weighted by molar-refractivity contribution is 6.16. The Bertz CT molecular complexity index is 2460. The van der Waals surface area contributed by atoms with Crippen LogP contribution in [0.5, 0.6) is 0 Å². The summed E-state index contributed by atoms with van der Waals surface area (Å²) in [5.41, 5.74) is 13.7. The molecule has 0 N–H and O–H groups in total. The first-order valence-corrected chi connectivity index (χ1v) is 16.8. The van der Waals surface area contributed by atoms with Gasteiger partial charge < -0.3 is 4.90 Å². The largest absolute Gasteiger partial charge is 0.310 e. The first kappa shape index (κ1) is 28.3. The summed E-state index contributed by atoms with van der Waals surface area (Å²) >= 11 is 0. The molecule has 8 aromatic rings. The van der Waals surface area contributed by atoms with Crippen molar-refractivity contribution in [3.8, 4) is 33.4 Å². The first-order valence-electron chi connectivity index (χ1n) is 16.8. The molecule has 0 bridgehead atoms. The maximum absolute atomic E-state index is 2.48. The van der Waals surface area contributed by atoms with Crippen molar-refractivity contribution in [2.75, 3.05) is 4.90 Å². The van der Waals surface area contributed by atoms with Crippen LogP contribution in [-0.2, 0) is 5.41 Å². The number of benzene rings is 8. The number of fused-ring (bicyclic) bond motifs is 6. The van der Waals surface area contributed by atoms with Crippen LogP contribution in [0.25, 0.3) is 54.9 Å². The molecule has 0 saturated carbocycles. The van der Waals surface area contributed by atoms with Crippen molar-refractivity contribution < 1.29 is 0 Å². The molecular formula is C47H35N. The van der Waals surface area contributed by atoms with Gasteiger partial charge in [-0.15, -0.1) is 0 Å². The van der Waals surface area contributed by atoms with Crippen molar-refractivity contribution in [2.24, 2.45) is 0 Å². The van der Waals surface area contributed by atoms with E-state index in [1.807, 2.05) is 0 Å². The molecule has 48 heavy (non-hydrogen) atoms. The highest BCUT2D eigenvalue weighted by atomic mass is 15.1. The average Bonchev–Trinajstić information content (AvgIpc) is 3.37. The summed E-state index contributed by atoms with van der Waals surface area (Å²) in [7, 11) is 0. The van der Waals surface area contributed by atoms with Crippen LogP contribution in [0.2, 0.25) is 0 Å². The first-order chi connectivity index (χ1) is 23.6. The Hall–Kier alpha value is -5.92. The Morgan fingerprint density at radius 3 is 1.79 bits per heavy atom. The van der Waals surface area contributed by atoms with E-state index < -0.39 is 0 Å². The van der Waals surface area contributed by atoms with Gasteiger partial charge in [0.05, 0.1) is 5.69 Å². The van der Waals surface area contributed by atoms with Gasteiger partial charge in [-0.25, -0.2) is 0 Å². The molecule has 0 saturated heterocycles. The molecule has 0 aliphatic heterocycles. The van der Waals surface area contributed by atoms with E-state index in [1.165, 1.54) is 71.7 Å². The standard InChI is InChI=1S/C47H35N/c1-47(2)43-21-10-9-20-40(43)42-30-37-24-23-35-17-12-22-45(46(35)41(37)31-44(42)47)48(38-27-25-34(26-28-38)32-13-5-3-6-14-32)39-19-11-18-36(29-39)33-15-7-4-8-16-33/h3-31H,1-2H3. The molecule has 0 atom stereocenters. The van der Waals surface area contributed by atoms with Crippen LogP contribution in [0.1, 0.15) is 25.0 Å². The zero-order valence-corrected chi connectivity index (χ0v) is 27.2.